The summed E-state index contributed by atoms with van der Waals surface area (Å²) in [5.74, 6) is -0.402. The zero-order valence-electron chi connectivity index (χ0n) is 29.4. The fraction of sp³-hybridized carbons (Fsp3) is 0.295. The molecule has 1 aliphatic rings. The number of rotatable bonds is 12. The topological polar surface area (TPSA) is 44.3 Å². The molecule has 0 atom stereocenters. The number of piperidine rings is 1. The van der Waals surface area contributed by atoms with Crippen LogP contribution in [0.15, 0.2) is 138 Å². The second-order valence-corrected chi connectivity index (χ2v) is 13.4. The van der Waals surface area contributed by atoms with E-state index in [9.17, 15) is 13.6 Å². The fourth-order valence-electron chi connectivity index (χ4n) is 7.21. The van der Waals surface area contributed by atoms with E-state index in [0.717, 1.165) is 74.0 Å². The number of fused-ring (bicyclic) bond motifs is 1. The number of benzene rings is 5. The van der Waals surface area contributed by atoms with Crippen LogP contribution in [0.4, 0.5) is 20.2 Å². The molecule has 0 amide bonds. The van der Waals surface area contributed by atoms with Crippen molar-refractivity contribution < 1.29 is 8.78 Å². The Morgan fingerprint density at radius 2 is 1.24 bits per heavy atom. The summed E-state index contributed by atoms with van der Waals surface area (Å²) < 4.78 is 28.9. The van der Waals surface area contributed by atoms with Crippen molar-refractivity contribution in [3.8, 4) is 0 Å². The van der Waals surface area contributed by atoms with Crippen molar-refractivity contribution in [1.29, 1.82) is 0 Å². The van der Waals surface area contributed by atoms with E-state index in [1.165, 1.54) is 48.5 Å². The highest BCUT2D eigenvalue weighted by Crippen LogP contribution is 2.31. The van der Waals surface area contributed by atoms with Crippen LogP contribution in [0.3, 0.4) is 0 Å². The van der Waals surface area contributed by atoms with Gasteiger partial charge in [0.15, 0.2) is 0 Å². The van der Waals surface area contributed by atoms with Crippen LogP contribution in [0.2, 0.25) is 0 Å². The number of hydrogen-bond acceptors (Lipinski definition) is 3. The van der Waals surface area contributed by atoms with Crippen LogP contribution in [0.25, 0.3) is 11.0 Å². The third-order valence-electron chi connectivity index (χ3n) is 9.93. The number of aromatic nitrogens is 2. The van der Waals surface area contributed by atoms with Gasteiger partial charge in [-0.25, -0.2) is 13.6 Å². The fourth-order valence-corrected chi connectivity index (χ4v) is 7.21. The van der Waals surface area contributed by atoms with Crippen LogP contribution in [-0.2, 0) is 0 Å². The molecular formula is C44H48F2N4O. The molecule has 7 rings (SSSR count). The Morgan fingerprint density at radius 1 is 0.706 bits per heavy atom. The predicted octanol–water partition coefficient (Wildman–Crippen LogP) is 10.5. The van der Waals surface area contributed by atoms with Gasteiger partial charge in [-0.05, 0) is 110 Å². The lowest BCUT2D eigenvalue weighted by Crippen LogP contribution is -2.37. The van der Waals surface area contributed by atoms with Gasteiger partial charge in [0.05, 0.1) is 11.0 Å². The van der Waals surface area contributed by atoms with Crippen LogP contribution >= 0.6 is 0 Å². The number of halogens is 2. The summed E-state index contributed by atoms with van der Waals surface area (Å²) in [6, 6.07) is 42.5. The summed E-state index contributed by atoms with van der Waals surface area (Å²) in [5, 5.41) is 0. The van der Waals surface area contributed by atoms with Crippen molar-refractivity contribution >= 4 is 22.4 Å². The number of nitrogens with one attached hydrogen (secondary N) is 1. The maximum Gasteiger partial charge on any atom is 0.326 e. The SMILES string of the molecule is CCCCN(c1ccccc1)c1ccccc1.O=c1[nH]c2ccccc2n1C1CCN(CCCC(c2ccc(F)cc2)c2ccc(F)cc2)CC1. The third kappa shape index (κ3) is 9.41. The molecule has 0 saturated carbocycles. The van der Waals surface area contributed by atoms with E-state index in [1.807, 2.05) is 53.1 Å². The first-order valence-electron chi connectivity index (χ1n) is 18.3. The molecule has 264 valence electrons. The molecule has 0 aliphatic carbocycles. The van der Waals surface area contributed by atoms with E-state index in [4.69, 9.17) is 0 Å². The largest absolute Gasteiger partial charge is 0.341 e. The lowest BCUT2D eigenvalue weighted by molar-refractivity contribution is 0.183. The van der Waals surface area contributed by atoms with Crippen LogP contribution < -0.4 is 10.6 Å². The standard InChI is InChI=1S/C28H29F2N3O.C16H19N/c29-22-11-7-20(8-12-22)25(21-9-13-23(30)14-10-21)4-3-17-32-18-15-24(16-19-32)33-27-6-2-1-5-26(27)31-28(33)34;1-2-3-14-17(15-10-6-4-7-11-15)16-12-8-5-9-13-16/h1-2,5-14,24-25H,3-4,15-19H2,(H,31,34);4-13H,2-3,14H2,1H3. The molecule has 51 heavy (non-hydrogen) atoms. The van der Waals surface area contributed by atoms with Crippen LogP contribution in [0.1, 0.15) is 68.5 Å². The zero-order chi connectivity index (χ0) is 35.4. The Bertz CT molecular complexity index is 1880. The molecule has 1 N–H and O–H groups in total. The molecule has 0 unspecified atom stereocenters. The van der Waals surface area contributed by atoms with Gasteiger partial charge >= 0.3 is 5.69 Å². The van der Waals surface area contributed by atoms with Crippen LogP contribution in [0.5, 0.6) is 0 Å². The summed E-state index contributed by atoms with van der Waals surface area (Å²) >= 11 is 0. The summed E-state index contributed by atoms with van der Waals surface area (Å²) in [7, 11) is 0. The molecule has 0 bridgehead atoms. The second-order valence-electron chi connectivity index (χ2n) is 13.4. The first-order valence-corrected chi connectivity index (χ1v) is 18.3. The van der Waals surface area contributed by atoms with Crippen LogP contribution in [0, 0.1) is 11.6 Å². The number of likely N-dealkylation sites (tertiary alicyclic amines) is 1. The van der Waals surface area contributed by atoms with E-state index in [0.29, 0.717) is 0 Å². The molecule has 5 nitrogen and oxygen atoms in total. The number of nitrogens with zero attached hydrogens (tertiary/aromatic N) is 3. The zero-order valence-corrected chi connectivity index (χ0v) is 29.4. The van der Waals surface area contributed by atoms with Crippen molar-refractivity contribution in [3.05, 3.63) is 167 Å². The highest BCUT2D eigenvalue weighted by Gasteiger charge is 2.24. The molecule has 0 spiro atoms. The summed E-state index contributed by atoms with van der Waals surface area (Å²) in [4.78, 5) is 20.3. The quantitative estimate of drug-likeness (QED) is 0.139. The second kappa shape index (κ2) is 17.8. The molecular weight excluding hydrogens is 639 g/mol. The smallest absolute Gasteiger partial charge is 0.326 e. The Labute approximate surface area is 300 Å². The molecule has 6 aromatic rings. The first-order chi connectivity index (χ1) is 25.0. The van der Waals surface area contributed by atoms with Gasteiger partial charge < -0.3 is 14.8 Å². The lowest BCUT2D eigenvalue weighted by atomic mass is 9.87. The highest BCUT2D eigenvalue weighted by molar-refractivity contribution is 5.75. The van der Waals surface area contributed by atoms with E-state index >= 15 is 0 Å². The van der Waals surface area contributed by atoms with Crippen molar-refractivity contribution in [2.45, 2.75) is 57.4 Å². The molecule has 1 aromatic heterocycles. The van der Waals surface area contributed by atoms with Gasteiger partial charge in [0, 0.05) is 43.0 Å². The molecule has 0 radical (unpaired) electrons. The number of anilines is 2. The minimum atomic E-state index is -0.251. The lowest BCUT2D eigenvalue weighted by Gasteiger charge is -2.32. The van der Waals surface area contributed by atoms with Gasteiger partial charge in [0.1, 0.15) is 11.6 Å². The molecule has 1 aliphatic heterocycles. The average Bonchev–Trinajstić information content (AvgIpc) is 3.51. The number of unbranched alkanes of at least 4 members (excludes halogenated alkanes) is 1. The molecule has 1 saturated heterocycles. The van der Waals surface area contributed by atoms with E-state index < -0.39 is 0 Å². The van der Waals surface area contributed by atoms with Crippen molar-refractivity contribution in [2.24, 2.45) is 0 Å². The normalized spacial score (nSPS) is 13.6. The number of H-pyrrole nitrogens is 1. The predicted molar refractivity (Wildman–Crippen MR) is 206 cm³/mol. The number of imidazole rings is 1. The first kappa shape index (κ1) is 35.8. The Morgan fingerprint density at radius 3 is 1.78 bits per heavy atom. The van der Waals surface area contributed by atoms with E-state index in [2.05, 4.69) is 82.4 Å². The van der Waals surface area contributed by atoms with Gasteiger partial charge in [0.2, 0.25) is 0 Å². The van der Waals surface area contributed by atoms with E-state index in [1.54, 1.807) is 0 Å². The van der Waals surface area contributed by atoms with Crippen molar-refractivity contribution in [2.75, 3.05) is 31.1 Å². The van der Waals surface area contributed by atoms with E-state index in [-0.39, 0.29) is 29.3 Å². The minimum Gasteiger partial charge on any atom is -0.341 e. The van der Waals surface area contributed by atoms with Gasteiger partial charge in [-0.3, -0.25) is 4.57 Å². The minimum absolute atomic E-state index is 0.0268. The molecule has 1 fully saturated rings. The number of aromatic amines is 1. The van der Waals surface area contributed by atoms with Gasteiger partial charge in [-0.2, -0.15) is 0 Å². The Kier molecular flexibility index (Phi) is 12.5. The Hall–Kier alpha value is -5.01. The molecule has 7 heteroatoms. The van der Waals surface area contributed by atoms with Gasteiger partial charge in [-0.1, -0.05) is 86.1 Å². The summed E-state index contributed by atoms with van der Waals surface area (Å²) in [5.41, 5.74) is 6.48. The van der Waals surface area contributed by atoms with Gasteiger partial charge in [0.25, 0.3) is 0 Å². The maximum absolute atomic E-state index is 13.5. The number of hydrogen-bond donors (Lipinski definition) is 1. The Balaban J connectivity index is 0.000000221. The summed E-state index contributed by atoms with van der Waals surface area (Å²) in [6.45, 7) is 6.18. The van der Waals surface area contributed by atoms with Crippen molar-refractivity contribution in [3.63, 3.8) is 0 Å². The molecule has 2 heterocycles. The maximum atomic E-state index is 13.5. The molecule has 5 aromatic carbocycles. The monoisotopic (exact) mass is 686 g/mol. The van der Waals surface area contributed by atoms with Crippen molar-refractivity contribution in [1.82, 2.24) is 14.5 Å². The highest BCUT2D eigenvalue weighted by atomic mass is 19.1. The third-order valence-corrected chi connectivity index (χ3v) is 9.93. The van der Waals surface area contributed by atoms with Gasteiger partial charge in [-0.15, -0.1) is 0 Å². The average molecular weight is 687 g/mol. The number of para-hydroxylation sites is 4. The summed E-state index contributed by atoms with van der Waals surface area (Å²) in [6.07, 6.45) is 6.21. The van der Waals surface area contributed by atoms with Crippen LogP contribution in [-0.4, -0.2) is 40.6 Å².